The number of aryl methyl sites for hydroxylation is 1. The molecule has 1 N–H and O–H groups in total. The molecular weight excluding hydrogens is 424 g/mol. The van der Waals surface area contributed by atoms with E-state index in [1.54, 1.807) is 32.2 Å². The Balaban J connectivity index is 1.78. The summed E-state index contributed by atoms with van der Waals surface area (Å²) < 4.78 is 30.9. The van der Waals surface area contributed by atoms with Gasteiger partial charge in [-0.15, -0.1) is 0 Å². The number of ether oxygens (including phenoxy) is 1. The minimum atomic E-state index is -3.48. The van der Waals surface area contributed by atoms with E-state index in [9.17, 15) is 13.2 Å². The van der Waals surface area contributed by atoms with Gasteiger partial charge in [0.1, 0.15) is 5.75 Å². The highest BCUT2D eigenvalue weighted by atomic mass is 35.5. The monoisotopic (exact) mass is 452 g/mol. The number of benzene rings is 2. The van der Waals surface area contributed by atoms with Gasteiger partial charge in [-0.05, 0) is 61.6 Å². The highest BCUT2D eigenvalue weighted by molar-refractivity contribution is 7.92. The van der Waals surface area contributed by atoms with Crippen LogP contribution in [-0.4, -0.2) is 40.8 Å². The fraction of sp³-hybridized carbons (Fsp3) is 0.409. The summed E-state index contributed by atoms with van der Waals surface area (Å²) in [7, 11) is -1.84. The summed E-state index contributed by atoms with van der Waals surface area (Å²) in [4.78, 5) is 12.1. The van der Waals surface area contributed by atoms with Crippen LogP contribution in [-0.2, 0) is 21.2 Å². The van der Waals surface area contributed by atoms with Crippen molar-refractivity contribution in [2.75, 3.05) is 30.8 Å². The van der Waals surface area contributed by atoms with E-state index in [2.05, 4.69) is 5.32 Å². The summed E-state index contributed by atoms with van der Waals surface area (Å²) >= 11 is 6.13. The van der Waals surface area contributed by atoms with Gasteiger partial charge in [0.2, 0.25) is 15.9 Å². The van der Waals surface area contributed by atoms with Gasteiger partial charge in [0.15, 0.2) is 0 Å². The molecule has 0 fully saturated rings. The number of methoxy groups -OCH3 is 1. The van der Waals surface area contributed by atoms with Gasteiger partial charge in [-0.2, -0.15) is 0 Å². The first kappa shape index (κ1) is 24.0. The van der Waals surface area contributed by atoms with Crippen LogP contribution >= 0.6 is 11.6 Å². The third-order valence-electron chi connectivity index (χ3n) is 4.80. The number of amides is 1. The largest absolute Gasteiger partial charge is 0.497 e. The van der Waals surface area contributed by atoms with Gasteiger partial charge in [0.05, 0.1) is 19.1 Å². The maximum atomic E-state index is 12.2. The average molecular weight is 453 g/mol. The minimum Gasteiger partial charge on any atom is -0.497 e. The molecule has 2 aromatic rings. The number of carbonyl (C=O) groups excluding carboxylic acids is 1. The van der Waals surface area contributed by atoms with Crippen LogP contribution in [0.25, 0.3) is 0 Å². The third kappa shape index (κ3) is 7.22. The molecule has 0 bridgehead atoms. The number of halogens is 1. The minimum absolute atomic E-state index is 0.0824. The molecule has 0 heterocycles. The zero-order valence-corrected chi connectivity index (χ0v) is 19.2. The Kier molecular flexibility index (Phi) is 8.99. The third-order valence-corrected chi connectivity index (χ3v) is 6.39. The molecule has 0 aliphatic heterocycles. The molecule has 1 amide bonds. The molecule has 0 unspecified atom stereocenters. The van der Waals surface area contributed by atoms with Crippen molar-refractivity contribution in [1.29, 1.82) is 0 Å². The van der Waals surface area contributed by atoms with Crippen molar-refractivity contribution >= 4 is 33.2 Å². The smallest absolute Gasteiger partial charge is 0.232 e. The molecule has 0 aliphatic carbocycles. The van der Waals surface area contributed by atoms with Crippen molar-refractivity contribution in [3.05, 3.63) is 58.6 Å². The fourth-order valence-corrected chi connectivity index (χ4v) is 4.30. The summed E-state index contributed by atoms with van der Waals surface area (Å²) in [6.07, 6.45) is 3.53. The second kappa shape index (κ2) is 11.2. The van der Waals surface area contributed by atoms with Crippen LogP contribution in [0.2, 0.25) is 5.02 Å². The van der Waals surface area contributed by atoms with Crippen molar-refractivity contribution in [3.63, 3.8) is 0 Å². The molecule has 30 heavy (non-hydrogen) atoms. The van der Waals surface area contributed by atoms with Gasteiger partial charge in [0, 0.05) is 24.5 Å². The highest BCUT2D eigenvalue weighted by Crippen LogP contribution is 2.28. The first-order valence-electron chi connectivity index (χ1n) is 9.85. The van der Waals surface area contributed by atoms with Crippen molar-refractivity contribution in [3.8, 4) is 5.75 Å². The van der Waals surface area contributed by atoms with Crippen LogP contribution in [0.3, 0.4) is 0 Å². The number of hydrogen-bond donors (Lipinski definition) is 1. The summed E-state index contributed by atoms with van der Waals surface area (Å²) in [5.74, 6) is 0.740. The molecule has 0 aromatic heterocycles. The SMILES string of the molecule is COc1ccc(CCCNC(=O)CCCN(c2cccc(Cl)c2C)S(C)(=O)=O)cc1. The Hall–Kier alpha value is -2.25. The average Bonchev–Trinajstić information content (AvgIpc) is 2.70. The van der Waals surface area contributed by atoms with Crippen LogP contribution in [0.15, 0.2) is 42.5 Å². The van der Waals surface area contributed by atoms with Crippen molar-refractivity contribution in [2.45, 2.75) is 32.6 Å². The second-order valence-electron chi connectivity index (χ2n) is 7.12. The number of rotatable bonds is 11. The zero-order chi connectivity index (χ0) is 22.1. The van der Waals surface area contributed by atoms with Crippen molar-refractivity contribution in [2.24, 2.45) is 0 Å². The number of sulfonamides is 1. The number of carbonyl (C=O) groups is 1. The van der Waals surface area contributed by atoms with E-state index in [0.29, 0.717) is 29.2 Å². The highest BCUT2D eigenvalue weighted by Gasteiger charge is 2.20. The van der Waals surface area contributed by atoms with Crippen LogP contribution in [0.5, 0.6) is 5.75 Å². The van der Waals surface area contributed by atoms with E-state index >= 15 is 0 Å². The first-order chi connectivity index (χ1) is 14.2. The Morgan fingerprint density at radius 2 is 1.83 bits per heavy atom. The molecule has 0 spiro atoms. The summed E-state index contributed by atoms with van der Waals surface area (Å²) in [5, 5.41) is 3.41. The molecule has 0 saturated carbocycles. The molecule has 0 aliphatic rings. The first-order valence-corrected chi connectivity index (χ1v) is 12.1. The van der Waals surface area contributed by atoms with Gasteiger partial charge in [-0.25, -0.2) is 8.42 Å². The van der Waals surface area contributed by atoms with E-state index in [-0.39, 0.29) is 18.9 Å². The van der Waals surface area contributed by atoms with E-state index in [4.69, 9.17) is 16.3 Å². The van der Waals surface area contributed by atoms with Crippen LogP contribution in [0.4, 0.5) is 5.69 Å². The molecule has 0 saturated heterocycles. The van der Waals surface area contributed by atoms with Crippen LogP contribution < -0.4 is 14.4 Å². The Labute approximate surface area is 184 Å². The van der Waals surface area contributed by atoms with E-state index in [1.807, 2.05) is 24.3 Å². The summed E-state index contributed by atoms with van der Waals surface area (Å²) in [6, 6.07) is 13.0. The number of hydrogen-bond acceptors (Lipinski definition) is 4. The number of nitrogens with zero attached hydrogens (tertiary/aromatic N) is 1. The van der Waals surface area contributed by atoms with E-state index in [0.717, 1.165) is 24.8 Å². The van der Waals surface area contributed by atoms with Crippen LogP contribution in [0.1, 0.15) is 30.4 Å². The van der Waals surface area contributed by atoms with Gasteiger partial charge in [0.25, 0.3) is 0 Å². The number of nitrogens with one attached hydrogen (secondary N) is 1. The standard InChI is InChI=1S/C22H29ClN2O4S/c1-17-20(23)8-4-9-21(17)25(30(3,27)28)16-6-10-22(26)24-15-5-7-18-11-13-19(29-2)14-12-18/h4,8-9,11-14H,5-7,10,15-16H2,1-3H3,(H,24,26). The normalized spacial score (nSPS) is 11.2. The lowest BCUT2D eigenvalue weighted by molar-refractivity contribution is -0.121. The van der Waals surface area contributed by atoms with Gasteiger partial charge < -0.3 is 10.1 Å². The molecule has 0 atom stereocenters. The zero-order valence-electron chi connectivity index (χ0n) is 17.7. The molecule has 8 heteroatoms. The lowest BCUT2D eigenvalue weighted by Gasteiger charge is -2.24. The maximum absolute atomic E-state index is 12.2. The van der Waals surface area contributed by atoms with E-state index in [1.165, 1.54) is 9.87 Å². The Bertz CT molecular complexity index is 946. The molecule has 164 valence electrons. The summed E-state index contributed by atoms with van der Waals surface area (Å²) in [6.45, 7) is 2.58. The predicted octanol–water partition coefficient (Wildman–Crippen LogP) is 3.95. The van der Waals surface area contributed by atoms with Gasteiger partial charge >= 0.3 is 0 Å². The van der Waals surface area contributed by atoms with Gasteiger partial charge in [-0.3, -0.25) is 9.10 Å². The maximum Gasteiger partial charge on any atom is 0.232 e. The summed E-state index contributed by atoms with van der Waals surface area (Å²) in [5.41, 5.74) is 2.43. The van der Waals surface area contributed by atoms with Crippen LogP contribution in [0, 0.1) is 6.92 Å². The lowest BCUT2D eigenvalue weighted by atomic mass is 10.1. The molecular formula is C22H29ClN2O4S. The van der Waals surface area contributed by atoms with Crippen molar-refractivity contribution in [1.82, 2.24) is 5.32 Å². The Morgan fingerprint density at radius 1 is 1.13 bits per heavy atom. The predicted molar refractivity (Wildman–Crippen MR) is 122 cm³/mol. The molecule has 6 nitrogen and oxygen atoms in total. The quantitative estimate of drug-likeness (QED) is 0.524. The Morgan fingerprint density at radius 3 is 2.47 bits per heavy atom. The van der Waals surface area contributed by atoms with Crippen molar-refractivity contribution < 1.29 is 17.9 Å². The molecule has 2 aromatic carbocycles. The molecule has 2 rings (SSSR count). The molecule has 0 radical (unpaired) electrons. The lowest BCUT2D eigenvalue weighted by Crippen LogP contribution is -2.32. The second-order valence-corrected chi connectivity index (χ2v) is 9.44. The fourth-order valence-electron chi connectivity index (χ4n) is 3.12. The van der Waals surface area contributed by atoms with E-state index < -0.39 is 10.0 Å². The van der Waals surface area contributed by atoms with Gasteiger partial charge in [-0.1, -0.05) is 29.8 Å². The topological polar surface area (TPSA) is 75.7 Å². The number of anilines is 1.